The summed E-state index contributed by atoms with van der Waals surface area (Å²) >= 11 is 0. The zero-order chi connectivity index (χ0) is 13.2. The standard InChI is InChI=1S/C12H25N3O2S/c1-3-13-10-11(2)18(16,17)15-8-6-14(7-9-15)12-4-5-12/h11-13H,3-10H2,1-2H3. The number of nitrogens with zero attached hydrogens (tertiary/aromatic N) is 2. The Morgan fingerprint density at radius 1 is 1.22 bits per heavy atom. The summed E-state index contributed by atoms with van der Waals surface area (Å²) < 4.78 is 26.4. The van der Waals surface area contributed by atoms with E-state index in [1.54, 1.807) is 11.2 Å². The van der Waals surface area contributed by atoms with E-state index in [0.717, 1.165) is 25.7 Å². The summed E-state index contributed by atoms with van der Waals surface area (Å²) in [5.41, 5.74) is 0. The van der Waals surface area contributed by atoms with Crippen molar-refractivity contribution in [3.63, 3.8) is 0 Å². The van der Waals surface area contributed by atoms with E-state index >= 15 is 0 Å². The molecular weight excluding hydrogens is 250 g/mol. The Balaban J connectivity index is 1.86. The molecule has 0 bridgehead atoms. The third-order valence-corrected chi connectivity index (χ3v) is 6.16. The van der Waals surface area contributed by atoms with Crippen LogP contribution in [-0.4, -0.2) is 68.2 Å². The van der Waals surface area contributed by atoms with E-state index in [4.69, 9.17) is 0 Å². The van der Waals surface area contributed by atoms with Gasteiger partial charge in [0.1, 0.15) is 0 Å². The van der Waals surface area contributed by atoms with Gasteiger partial charge in [-0.3, -0.25) is 4.90 Å². The fourth-order valence-electron chi connectivity index (χ4n) is 2.47. The number of hydrogen-bond acceptors (Lipinski definition) is 4. The molecule has 0 spiro atoms. The summed E-state index contributed by atoms with van der Waals surface area (Å²) in [4.78, 5) is 2.43. The van der Waals surface area contributed by atoms with Gasteiger partial charge in [-0.1, -0.05) is 6.92 Å². The highest BCUT2D eigenvalue weighted by atomic mass is 32.2. The smallest absolute Gasteiger partial charge is 0.218 e. The van der Waals surface area contributed by atoms with Crippen LogP contribution in [0.5, 0.6) is 0 Å². The molecule has 1 unspecified atom stereocenters. The third-order valence-electron chi connectivity index (χ3n) is 3.89. The van der Waals surface area contributed by atoms with Gasteiger partial charge < -0.3 is 5.32 Å². The topological polar surface area (TPSA) is 52.7 Å². The Labute approximate surface area is 111 Å². The summed E-state index contributed by atoms with van der Waals surface area (Å²) in [5.74, 6) is 0. The second-order valence-corrected chi connectivity index (χ2v) is 7.68. The molecule has 0 aromatic rings. The van der Waals surface area contributed by atoms with Crippen LogP contribution in [0, 0.1) is 0 Å². The maximum atomic E-state index is 12.4. The fourth-order valence-corrected chi connectivity index (χ4v) is 3.98. The van der Waals surface area contributed by atoms with Gasteiger partial charge in [-0.25, -0.2) is 8.42 Å². The van der Waals surface area contributed by atoms with E-state index in [2.05, 4.69) is 10.2 Å². The average molecular weight is 275 g/mol. The number of rotatable bonds is 6. The van der Waals surface area contributed by atoms with Gasteiger partial charge in [0.2, 0.25) is 10.0 Å². The van der Waals surface area contributed by atoms with E-state index in [-0.39, 0.29) is 5.25 Å². The minimum Gasteiger partial charge on any atom is -0.316 e. The third kappa shape index (κ3) is 3.23. The van der Waals surface area contributed by atoms with Crippen molar-refractivity contribution in [2.45, 2.75) is 38.0 Å². The summed E-state index contributed by atoms with van der Waals surface area (Å²) in [6.45, 7) is 8.27. The van der Waals surface area contributed by atoms with Crippen molar-refractivity contribution in [3.05, 3.63) is 0 Å². The van der Waals surface area contributed by atoms with E-state index in [1.165, 1.54) is 12.8 Å². The van der Waals surface area contributed by atoms with E-state index in [1.807, 2.05) is 6.92 Å². The highest BCUT2D eigenvalue weighted by molar-refractivity contribution is 7.89. The minimum atomic E-state index is -3.12. The highest BCUT2D eigenvalue weighted by Gasteiger charge is 2.35. The van der Waals surface area contributed by atoms with Gasteiger partial charge >= 0.3 is 0 Å². The van der Waals surface area contributed by atoms with Crippen molar-refractivity contribution >= 4 is 10.0 Å². The number of nitrogens with one attached hydrogen (secondary N) is 1. The lowest BCUT2D eigenvalue weighted by molar-refractivity contribution is 0.180. The molecule has 1 N–H and O–H groups in total. The van der Waals surface area contributed by atoms with Gasteiger partial charge in [0, 0.05) is 38.8 Å². The Kier molecular flexibility index (Phi) is 4.64. The van der Waals surface area contributed by atoms with Crippen LogP contribution in [0.15, 0.2) is 0 Å². The largest absolute Gasteiger partial charge is 0.316 e. The summed E-state index contributed by atoms with van der Waals surface area (Å²) in [7, 11) is -3.12. The van der Waals surface area contributed by atoms with E-state index in [9.17, 15) is 8.42 Å². The highest BCUT2D eigenvalue weighted by Crippen LogP contribution is 2.28. The van der Waals surface area contributed by atoms with Crippen LogP contribution in [0.2, 0.25) is 0 Å². The maximum absolute atomic E-state index is 12.4. The van der Waals surface area contributed by atoms with Crippen LogP contribution in [0.3, 0.4) is 0 Å². The van der Waals surface area contributed by atoms with E-state index in [0.29, 0.717) is 19.6 Å². The van der Waals surface area contributed by atoms with Crippen LogP contribution in [0.4, 0.5) is 0 Å². The van der Waals surface area contributed by atoms with Crippen LogP contribution >= 0.6 is 0 Å². The molecule has 2 fully saturated rings. The molecule has 106 valence electrons. The molecule has 0 amide bonds. The Morgan fingerprint density at radius 3 is 2.33 bits per heavy atom. The van der Waals surface area contributed by atoms with Crippen LogP contribution in [0.1, 0.15) is 26.7 Å². The predicted octanol–water partition coefficient (Wildman–Crippen LogP) is 0.0942. The quantitative estimate of drug-likeness (QED) is 0.747. The lowest BCUT2D eigenvalue weighted by Gasteiger charge is -2.35. The zero-order valence-corrected chi connectivity index (χ0v) is 12.2. The van der Waals surface area contributed by atoms with Gasteiger partial charge in [0.15, 0.2) is 0 Å². The second kappa shape index (κ2) is 5.86. The first-order valence-corrected chi connectivity index (χ1v) is 8.49. The molecule has 1 aliphatic carbocycles. The Hall–Kier alpha value is -0.170. The second-order valence-electron chi connectivity index (χ2n) is 5.33. The average Bonchev–Trinajstić information content (AvgIpc) is 3.20. The lowest BCUT2D eigenvalue weighted by atomic mass is 10.3. The van der Waals surface area contributed by atoms with Crippen molar-refractivity contribution in [2.24, 2.45) is 0 Å². The number of sulfonamides is 1. The van der Waals surface area contributed by atoms with Crippen molar-refractivity contribution in [3.8, 4) is 0 Å². The first-order valence-electron chi connectivity index (χ1n) is 6.99. The molecule has 6 heteroatoms. The van der Waals surface area contributed by atoms with Crippen molar-refractivity contribution in [2.75, 3.05) is 39.3 Å². The molecule has 2 rings (SSSR count). The summed E-state index contributed by atoms with van der Waals surface area (Å²) in [6.07, 6.45) is 2.59. The van der Waals surface area contributed by atoms with Gasteiger partial charge in [-0.05, 0) is 26.3 Å². The van der Waals surface area contributed by atoms with Crippen LogP contribution in [-0.2, 0) is 10.0 Å². The SMILES string of the molecule is CCNCC(C)S(=O)(=O)N1CCN(C2CC2)CC1. The van der Waals surface area contributed by atoms with Crippen molar-refractivity contribution in [1.29, 1.82) is 0 Å². The molecule has 1 heterocycles. The molecule has 1 saturated carbocycles. The molecule has 0 radical (unpaired) electrons. The van der Waals surface area contributed by atoms with E-state index < -0.39 is 10.0 Å². The zero-order valence-electron chi connectivity index (χ0n) is 11.4. The Bertz CT molecular complexity index is 360. The summed E-state index contributed by atoms with van der Waals surface area (Å²) in [6, 6.07) is 0.744. The Morgan fingerprint density at radius 2 is 1.83 bits per heavy atom. The molecule has 0 aromatic carbocycles. The molecule has 1 aliphatic heterocycles. The number of piperazine rings is 1. The van der Waals surface area contributed by atoms with Gasteiger partial charge in [-0.15, -0.1) is 0 Å². The molecule has 0 aromatic heterocycles. The maximum Gasteiger partial charge on any atom is 0.218 e. The van der Waals surface area contributed by atoms with Crippen molar-refractivity contribution < 1.29 is 8.42 Å². The monoisotopic (exact) mass is 275 g/mol. The molecular formula is C12H25N3O2S. The fraction of sp³-hybridized carbons (Fsp3) is 1.00. The lowest BCUT2D eigenvalue weighted by Crippen LogP contribution is -2.52. The van der Waals surface area contributed by atoms with Gasteiger partial charge in [0.25, 0.3) is 0 Å². The first-order chi connectivity index (χ1) is 8.55. The van der Waals surface area contributed by atoms with Crippen LogP contribution in [0.25, 0.3) is 0 Å². The van der Waals surface area contributed by atoms with Crippen LogP contribution < -0.4 is 5.32 Å². The van der Waals surface area contributed by atoms with Gasteiger partial charge in [0.05, 0.1) is 5.25 Å². The van der Waals surface area contributed by atoms with Gasteiger partial charge in [-0.2, -0.15) is 4.31 Å². The van der Waals surface area contributed by atoms with Crippen molar-refractivity contribution in [1.82, 2.24) is 14.5 Å². The molecule has 1 saturated heterocycles. The molecule has 1 atom stereocenters. The number of hydrogen-bond donors (Lipinski definition) is 1. The molecule has 2 aliphatic rings. The predicted molar refractivity (Wildman–Crippen MR) is 73.1 cm³/mol. The normalized spacial score (nSPS) is 25.2. The molecule has 18 heavy (non-hydrogen) atoms. The molecule has 5 nitrogen and oxygen atoms in total. The minimum absolute atomic E-state index is 0.329. The summed E-state index contributed by atoms with van der Waals surface area (Å²) in [5, 5.41) is 2.79. The first kappa shape index (κ1) is 14.2.